The lowest BCUT2D eigenvalue weighted by Crippen LogP contribution is -2.52. The largest absolute Gasteiger partial charge is 0.452 e. The first kappa shape index (κ1) is 18.5. The molecule has 0 spiro atoms. The molecule has 0 aliphatic carbocycles. The highest BCUT2D eigenvalue weighted by Gasteiger charge is 2.51. The van der Waals surface area contributed by atoms with E-state index in [9.17, 15) is 39.5 Å². The average molecular weight is 330 g/mol. The van der Waals surface area contributed by atoms with E-state index < -0.39 is 58.8 Å². The zero-order valence-corrected chi connectivity index (χ0v) is 9.98. The van der Waals surface area contributed by atoms with Gasteiger partial charge in [0.1, 0.15) is 0 Å². The van der Waals surface area contributed by atoms with Crippen molar-refractivity contribution in [2.75, 3.05) is 0 Å². The highest BCUT2D eigenvalue weighted by molar-refractivity contribution is 6.73. The molecule has 0 aromatic heterocycles. The second-order valence-corrected chi connectivity index (χ2v) is 4.15. The Morgan fingerprint density at radius 3 is 0.810 bits per heavy atom. The van der Waals surface area contributed by atoms with E-state index in [4.69, 9.17) is 0 Å². The number of hydrogen-bond donors (Lipinski definition) is 0. The van der Waals surface area contributed by atoms with Gasteiger partial charge < -0.3 is 13.7 Å². The Hall–Kier alpha value is -0.555. The smallest absolute Gasteiger partial charge is 0.438 e. The third kappa shape index (κ3) is 8.46. The lowest BCUT2D eigenvalue weighted by Gasteiger charge is -2.32. The lowest BCUT2D eigenvalue weighted by atomic mass is 9.65. The van der Waals surface area contributed by atoms with E-state index in [1.165, 1.54) is 0 Å². The minimum atomic E-state index is -4.88. The molecule has 0 aromatic carbocycles. The van der Waals surface area contributed by atoms with Gasteiger partial charge in [0.05, 0.1) is 19.0 Å². The fraction of sp³-hybridized carbons (Fsp3) is 1.00. The van der Waals surface area contributed by atoms with Crippen LogP contribution in [0.3, 0.4) is 0 Å². The van der Waals surface area contributed by atoms with Crippen molar-refractivity contribution < 1.29 is 53.2 Å². The van der Waals surface area contributed by atoms with Crippen molar-refractivity contribution in [2.24, 2.45) is 0 Å². The van der Waals surface area contributed by atoms with Gasteiger partial charge in [-0.25, -0.2) is 0 Å². The predicted molar refractivity (Wildman–Crippen MR) is 53.1 cm³/mol. The topological polar surface area (TPSA) is 27.7 Å². The minimum absolute atomic E-state index is 1.85. The molecule has 0 saturated carbocycles. The van der Waals surface area contributed by atoms with E-state index in [1.54, 1.807) is 0 Å². The van der Waals surface area contributed by atoms with Gasteiger partial charge in [0.2, 0.25) is 0 Å². The van der Waals surface area contributed by atoms with Crippen molar-refractivity contribution in [3.05, 3.63) is 0 Å². The van der Waals surface area contributed by atoms with Crippen molar-refractivity contribution in [1.29, 1.82) is 0 Å². The molecule has 1 aliphatic heterocycles. The van der Waals surface area contributed by atoms with E-state index in [1.807, 2.05) is 0 Å². The van der Waals surface area contributed by atoms with Crippen molar-refractivity contribution >= 4 is 21.4 Å². The van der Waals surface area contributed by atoms with Crippen LogP contribution in [0.2, 0.25) is 19.0 Å². The van der Waals surface area contributed by atoms with Crippen LogP contribution in [0.4, 0.5) is 39.5 Å². The van der Waals surface area contributed by atoms with Crippen LogP contribution < -0.4 is 0 Å². The van der Waals surface area contributed by atoms with Gasteiger partial charge in [-0.1, -0.05) is 0 Å². The van der Waals surface area contributed by atoms with Crippen LogP contribution in [0.15, 0.2) is 0 Å². The third-order valence-electron chi connectivity index (χ3n) is 2.11. The molecule has 15 heteroatoms. The Morgan fingerprint density at radius 2 is 0.667 bits per heavy atom. The van der Waals surface area contributed by atoms with E-state index in [2.05, 4.69) is 13.7 Å². The van der Waals surface area contributed by atoms with Crippen molar-refractivity contribution in [2.45, 2.75) is 37.5 Å². The molecule has 21 heavy (non-hydrogen) atoms. The highest BCUT2D eigenvalue weighted by Crippen LogP contribution is 2.32. The fourth-order valence-electron chi connectivity index (χ4n) is 1.46. The Balaban J connectivity index is 2.73. The number of rotatable bonds is 3. The molecule has 0 atom stereocenters. The molecule has 1 rings (SSSR count). The first-order chi connectivity index (χ1) is 9.23. The van der Waals surface area contributed by atoms with Gasteiger partial charge in [-0.2, -0.15) is 39.5 Å². The zero-order valence-electron chi connectivity index (χ0n) is 9.98. The summed E-state index contributed by atoms with van der Waals surface area (Å²) in [6.07, 6.45) is -20.2. The van der Waals surface area contributed by atoms with Crippen LogP contribution in [0.25, 0.3) is 0 Å². The minimum Gasteiger partial charge on any atom is -0.452 e. The summed E-state index contributed by atoms with van der Waals surface area (Å²) in [7, 11) is -6.88. The number of halogens is 9. The molecule has 0 aromatic rings. The molecule has 1 saturated heterocycles. The first-order valence-electron chi connectivity index (χ1n) is 5.40. The Kier molecular flexibility index (Phi) is 5.53. The second kappa shape index (κ2) is 6.28. The first-order valence-corrected chi connectivity index (χ1v) is 5.40. The molecule has 0 bridgehead atoms. The molecular weight excluding hydrogens is 323 g/mol. The van der Waals surface area contributed by atoms with E-state index >= 15 is 0 Å². The molecule has 1 fully saturated rings. The monoisotopic (exact) mass is 330 g/mol. The molecule has 1 heterocycles. The Bertz CT molecular complexity index is 285. The standard InChI is InChI=1S/C6H6B3F9O3/c10-4(11,12)1-7-19-8(2-5(13,14)15)21-9(20-7)3-6(16,17)18/h1-3H2. The Morgan fingerprint density at radius 1 is 0.476 bits per heavy atom. The van der Waals surface area contributed by atoms with Crippen LogP contribution in [0, 0.1) is 0 Å². The van der Waals surface area contributed by atoms with Crippen LogP contribution in [0.5, 0.6) is 0 Å². The van der Waals surface area contributed by atoms with Crippen molar-refractivity contribution in [3.8, 4) is 0 Å². The van der Waals surface area contributed by atoms with Crippen LogP contribution in [0.1, 0.15) is 0 Å². The van der Waals surface area contributed by atoms with E-state index in [-0.39, 0.29) is 0 Å². The number of alkyl halides is 9. The SMILES string of the molecule is FC(F)(F)CB1OB(CC(F)(F)F)OB(CC(F)(F)F)O1. The third-order valence-corrected chi connectivity index (χ3v) is 2.11. The molecular formula is C6H6B3F9O3. The second-order valence-electron chi connectivity index (χ2n) is 4.15. The van der Waals surface area contributed by atoms with Gasteiger partial charge in [0.25, 0.3) is 0 Å². The summed E-state index contributed by atoms with van der Waals surface area (Å²) in [4.78, 5) is 0. The maximum Gasteiger partial charge on any atom is 0.438 e. The molecule has 0 unspecified atom stereocenters. The summed E-state index contributed by atoms with van der Waals surface area (Å²) in [5.41, 5.74) is 0. The van der Waals surface area contributed by atoms with Crippen LogP contribution >= 0.6 is 0 Å². The highest BCUT2D eigenvalue weighted by atomic mass is 19.4. The quantitative estimate of drug-likeness (QED) is 0.588. The average Bonchev–Trinajstić information content (AvgIpc) is 2.06. The van der Waals surface area contributed by atoms with Gasteiger partial charge >= 0.3 is 39.9 Å². The van der Waals surface area contributed by atoms with Gasteiger partial charge in [-0.15, -0.1) is 0 Å². The summed E-state index contributed by atoms with van der Waals surface area (Å²) >= 11 is 0. The Labute approximate surface area is 113 Å². The van der Waals surface area contributed by atoms with Gasteiger partial charge in [0, 0.05) is 0 Å². The summed E-state index contributed by atoms with van der Waals surface area (Å²) < 4.78 is 122. The summed E-state index contributed by atoms with van der Waals surface area (Å²) in [6.45, 7) is 0. The summed E-state index contributed by atoms with van der Waals surface area (Å²) in [5, 5.41) is 0. The van der Waals surface area contributed by atoms with Crippen molar-refractivity contribution in [1.82, 2.24) is 0 Å². The molecule has 3 nitrogen and oxygen atoms in total. The molecule has 0 N–H and O–H groups in total. The predicted octanol–water partition coefficient (Wildman–Crippen LogP) is 3.20. The van der Waals surface area contributed by atoms with Gasteiger partial charge in [-0.05, 0) is 0 Å². The van der Waals surface area contributed by atoms with Gasteiger partial charge in [-0.3, -0.25) is 0 Å². The molecule has 0 amide bonds. The maximum atomic E-state index is 12.1. The van der Waals surface area contributed by atoms with Crippen molar-refractivity contribution in [3.63, 3.8) is 0 Å². The van der Waals surface area contributed by atoms with E-state index in [0.29, 0.717) is 0 Å². The normalized spacial score (nSPS) is 18.4. The number of hydrogen-bond acceptors (Lipinski definition) is 3. The summed E-state index contributed by atoms with van der Waals surface area (Å²) in [5.74, 6) is 0. The molecule has 0 radical (unpaired) electrons. The fourth-order valence-corrected chi connectivity index (χ4v) is 1.46. The maximum absolute atomic E-state index is 12.1. The van der Waals surface area contributed by atoms with E-state index in [0.717, 1.165) is 0 Å². The van der Waals surface area contributed by atoms with Crippen LogP contribution in [-0.4, -0.2) is 39.9 Å². The van der Waals surface area contributed by atoms with Crippen LogP contribution in [-0.2, 0) is 13.7 Å². The molecule has 120 valence electrons. The summed E-state index contributed by atoms with van der Waals surface area (Å²) in [6, 6.07) is 0. The zero-order chi connectivity index (χ0) is 16.5. The van der Waals surface area contributed by atoms with Gasteiger partial charge in [0.15, 0.2) is 0 Å². The molecule has 1 aliphatic rings. The lowest BCUT2D eigenvalue weighted by molar-refractivity contribution is -0.117.